The summed E-state index contributed by atoms with van der Waals surface area (Å²) < 4.78 is 11.0. The Morgan fingerprint density at radius 2 is 1.79 bits per heavy atom. The second-order valence-corrected chi connectivity index (χ2v) is 5.82. The predicted molar refractivity (Wildman–Crippen MR) is 108 cm³/mol. The number of para-hydroxylation sites is 1. The zero-order valence-corrected chi connectivity index (χ0v) is 16.1. The number of ether oxygens (including phenoxy) is 2. The monoisotopic (exact) mass is 383 g/mol. The summed E-state index contributed by atoms with van der Waals surface area (Å²) in [5, 5.41) is 6.45. The molecule has 7 nitrogen and oxygen atoms in total. The third kappa shape index (κ3) is 6.75. The van der Waals surface area contributed by atoms with Crippen LogP contribution >= 0.6 is 0 Å². The first-order valence-corrected chi connectivity index (χ1v) is 9.18. The minimum atomic E-state index is -0.429. The summed E-state index contributed by atoms with van der Waals surface area (Å²) >= 11 is 0. The molecular weight excluding hydrogens is 358 g/mol. The number of carbonyl (C=O) groups excluding carboxylic acids is 2. The van der Waals surface area contributed by atoms with Gasteiger partial charge in [0.15, 0.2) is 0 Å². The van der Waals surface area contributed by atoms with E-state index in [-0.39, 0.29) is 12.5 Å². The highest BCUT2D eigenvalue weighted by Crippen LogP contribution is 2.15. The minimum absolute atomic E-state index is 0.183. The Morgan fingerprint density at radius 3 is 2.50 bits per heavy atom. The van der Waals surface area contributed by atoms with Crippen molar-refractivity contribution in [2.24, 2.45) is 5.10 Å². The van der Waals surface area contributed by atoms with Gasteiger partial charge in [-0.15, -0.1) is 0 Å². The Hall–Kier alpha value is -3.35. The van der Waals surface area contributed by atoms with Crippen LogP contribution in [0.3, 0.4) is 0 Å². The van der Waals surface area contributed by atoms with E-state index >= 15 is 0 Å². The number of hydrogen-bond donors (Lipinski definition) is 2. The van der Waals surface area contributed by atoms with Gasteiger partial charge in [0.2, 0.25) is 0 Å². The molecule has 0 spiro atoms. The molecule has 0 aliphatic heterocycles. The van der Waals surface area contributed by atoms with E-state index in [1.54, 1.807) is 24.3 Å². The average Bonchev–Trinajstić information content (AvgIpc) is 2.72. The van der Waals surface area contributed by atoms with E-state index in [1.165, 1.54) is 6.21 Å². The highest BCUT2D eigenvalue weighted by molar-refractivity contribution is 5.96. The van der Waals surface area contributed by atoms with Crippen molar-refractivity contribution in [3.8, 4) is 11.5 Å². The number of amides is 2. The molecule has 0 heterocycles. The second-order valence-electron chi connectivity index (χ2n) is 5.82. The highest BCUT2D eigenvalue weighted by Gasteiger charge is 2.08. The molecule has 2 aromatic carbocycles. The first-order valence-electron chi connectivity index (χ1n) is 9.18. The average molecular weight is 383 g/mol. The Labute approximate surface area is 164 Å². The maximum atomic E-state index is 12.1. The fourth-order valence-electron chi connectivity index (χ4n) is 2.27. The molecule has 0 unspecified atom stereocenters. The Balaban J connectivity index is 1.79. The van der Waals surface area contributed by atoms with Gasteiger partial charge in [0, 0.05) is 11.1 Å². The van der Waals surface area contributed by atoms with E-state index in [1.807, 2.05) is 38.1 Å². The molecule has 2 rings (SSSR count). The van der Waals surface area contributed by atoms with E-state index in [0.29, 0.717) is 30.3 Å². The number of nitrogens with one attached hydrogen (secondary N) is 2. The van der Waals surface area contributed by atoms with Crippen LogP contribution in [0.4, 0.5) is 0 Å². The lowest BCUT2D eigenvalue weighted by molar-refractivity contribution is -0.120. The number of hydrazone groups is 1. The molecule has 0 saturated heterocycles. The first kappa shape index (κ1) is 21.0. The van der Waals surface area contributed by atoms with Crippen LogP contribution in [-0.4, -0.2) is 37.8 Å². The molecule has 0 saturated carbocycles. The fraction of sp³-hybridized carbons (Fsp3) is 0.286. The van der Waals surface area contributed by atoms with Gasteiger partial charge < -0.3 is 14.8 Å². The number of nitrogens with zero attached hydrogens (tertiary/aromatic N) is 1. The molecule has 0 fully saturated rings. The third-order valence-electron chi connectivity index (χ3n) is 3.61. The normalized spacial score (nSPS) is 10.5. The summed E-state index contributed by atoms with van der Waals surface area (Å²) in [4.78, 5) is 24.0. The van der Waals surface area contributed by atoms with Crippen molar-refractivity contribution in [2.75, 3.05) is 19.8 Å². The molecule has 2 aromatic rings. The van der Waals surface area contributed by atoms with E-state index in [2.05, 4.69) is 15.8 Å². The van der Waals surface area contributed by atoms with Gasteiger partial charge in [-0.2, -0.15) is 5.10 Å². The van der Waals surface area contributed by atoms with Crippen molar-refractivity contribution in [1.82, 2.24) is 10.7 Å². The van der Waals surface area contributed by atoms with Gasteiger partial charge in [-0.25, -0.2) is 5.43 Å². The smallest absolute Gasteiger partial charge is 0.259 e. The summed E-state index contributed by atoms with van der Waals surface area (Å²) in [5.41, 5.74) is 3.58. The second kappa shape index (κ2) is 11.4. The molecule has 0 aliphatic carbocycles. The van der Waals surface area contributed by atoms with Gasteiger partial charge in [-0.3, -0.25) is 9.59 Å². The van der Waals surface area contributed by atoms with E-state index in [9.17, 15) is 9.59 Å². The topological polar surface area (TPSA) is 89.0 Å². The van der Waals surface area contributed by atoms with Gasteiger partial charge in [-0.05, 0) is 49.7 Å². The van der Waals surface area contributed by atoms with Crippen molar-refractivity contribution in [1.29, 1.82) is 0 Å². The molecule has 0 bridgehead atoms. The van der Waals surface area contributed by atoms with Crippen molar-refractivity contribution in [3.63, 3.8) is 0 Å². The number of rotatable bonds is 10. The van der Waals surface area contributed by atoms with Crippen LogP contribution in [0.25, 0.3) is 0 Å². The van der Waals surface area contributed by atoms with E-state index in [4.69, 9.17) is 9.47 Å². The molecule has 2 amide bonds. The molecular formula is C21H25N3O4. The minimum Gasteiger partial charge on any atom is -0.494 e. The maximum absolute atomic E-state index is 12.1. The summed E-state index contributed by atoms with van der Waals surface area (Å²) in [5.74, 6) is 0.615. The van der Waals surface area contributed by atoms with Crippen LogP contribution in [-0.2, 0) is 4.79 Å². The highest BCUT2D eigenvalue weighted by atomic mass is 16.5. The summed E-state index contributed by atoms with van der Waals surface area (Å²) in [6.07, 6.45) is 2.41. The van der Waals surface area contributed by atoms with E-state index < -0.39 is 5.91 Å². The number of benzene rings is 2. The van der Waals surface area contributed by atoms with Crippen LogP contribution in [0.2, 0.25) is 0 Å². The number of hydrogen-bond acceptors (Lipinski definition) is 5. The Kier molecular flexibility index (Phi) is 8.52. The lowest BCUT2D eigenvalue weighted by Crippen LogP contribution is -2.34. The largest absolute Gasteiger partial charge is 0.494 e. The van der Waals surface area contributed by atoms with Gasteiger partial charge in [0.05, 0.1) is 26.0 Å². The van der Waals surface area contributed by atoms with Crippen molar-refractivity contribution in [3.05, 3.63) is 59.7 Å². The van der Waals surface area contributed by atoms with Gasteiger partial charge in [-0.1, -0.05) is 19.1 Å². The van der Waals surface area contributed by atoms with Crippen LogP contribution < -0.4 is 20.2 Å². The standard InChI is InChI=1S/C21H25N3O4/c1-3-13-28-18-11-9-16(10-12-18)21(26)22-15-20(25)24-23-14-17-7-5-6-8-19(17)27-4-2/h5-12,14H,3-4,13,15H2,1-2H3,(H,22,26)(H,24,25). The lowest BCUT2D eigenvalue weighted by atomic mass is 10.2. The quantitative estimate of drug-likeness (QED) is 0.488. The first-order chi connectivity index (χ1) is 13.6. The van der Waals surface area contributed by atoms with Gasteiger partial charge in [0.25, 0.3) is 11.8 Å². The molecule has 28 heavy (non-hydrogen) atoms. The molecule has 0 atom stereocenters. The third-order valence-corrected chi connectivity index (χ3v) is 3.61. The van der Waals surface area contributed by atoms with Gasteiger partial charge in [0.1, 0.15) is 11.5 Å². The van der Waals surface area contributed by atoms with Gasteiger partial charge >= 0.3 is 0 Å². The molecule has 148 valence electrons. The summed E-state index contributed by atoms with van der Waals surface area (Å²) in [6.45, 7) is 4.90. The van der Waals surface area contributed by atoms with Crippen LogP contribution in [0, 0.1) is 0 Å². The zero-order chi connectivity index (χ0) is 20.2. The summed E-state index contributed by atoms with van der Waals surface area (Å²) in [6, 6.07) is 14.1. The SMILES string of the molecule is CCCOc1ccc(C(=O)NCC(=O)NN=Cc2ccccc2OCC)cc1. The lowest BCUT2D eigenvalue weighted by Gasteiger charge is -2.07. The molecule has 0 aliphatic rings. The molecule has 0 aromatic heterocycles. The zero-order valence-electron chi connectivity index (χ0n) is 16.1. The fourth-order valence-corrected chi connectivity index (χ4v) is 2.27. The van der Waals surface area contributed by atoms with E-state index in [0.717, 1.165) is 12.0 Å². The predicted octanol–water partition coefficient (Wildman–Crippen LogP) is 2.75. The van der Waals surface area contributed by atoms with Crippen LogP contribution in [0.15, 0.2) is 53.6 Å². The summed E-state index contributed by atoms with van der Waals surface area (Å²) in [7, 11) is 0. The maximum Gasteiger partial charge on any atom is 0.259 e. The van der Waals surface area contributed by atoms with Crippen molar-refractivity contribution < 1.29 is 19.1 Å². The molecule has 7 heteroatoms. The van der Waals surface area contributed by atoms with Crippen molar-refractivity contribution in [2.45, 2.75) is 20.3 Å². The molecule has 2 N–H and O–H groups in total. The Morgan fingerprint density at radius 1 is 1.04 bits per heavy atom. The van der Waals surface area contributed by atoms with Crippen LogP contribution in [0.5, 0.6) is 11.5 Å². The molecule has 0 radical (unpaired) electrons. The van der Waals surface area contributed by atoms with Crippen LogP contribution in [0.1, 0.15) is 36.2 Å². The van der Waals surface area contributed by atoms with Crippen molar-refractivity contribution >= 4 is 18.0 Å². The Bertz CT molecular complexity index is 804. The number of carbonyl (C=O) groups is 2.